The Morgan fingerprint density at radius 2 is 2.44 bits per heavy atom. The third kappa shape index (κ3) is 1.52. The number of hydrazone groups is 1. The zero-order chi connectivity index (χ0) is 6.69. The fraction of sp³-hybridized carbons (Fsp3) is 0.667. The molecule has 3 nitrogen and oxygen atoms in total. The van der Waals surface area contributed by atoms with Gasteiger partial charge in [0.05, 0.1) is 0 Å². The number of carbonyl (C=O) groups is 1. The number of hydrogen-bond donors (Lipinski definition) is 1. The van der Waals surface area contributed by atoms with Crippen LogP contribution >= 0.6 is 0 Å². The molecule has 0 saturated carbocycles. The van der Waals surface area contributed by atoms with Crippen molar-refractivity contribution in [1.82, 2.24) is 5.43 Å². The minimum atomic E-state index is 0.0344. The summed E-state index contributed by atoms with van der Waals surface area (Å²) in [5.41, 5.74) is 3.52. The van der Waals surface area contributed by atoms with E-state index in [2.05, 4.69) is 10.5 Å². The van der Waals surface area contributed by atoms with E-state index in [1.54, 1.807) is 0 Å². The molecule has 1 aliphatic rings. The second kappa shape index (κ2) is 2.62. The van der Waals surface area contributed by atoms with Gasteiger partial charge >= 0.3 is 0 Å². The Morgan fingerprint density at radius 3 is 2.89 bits per heavy atom. The summed E-state index contributed by atoms with van der Waals surface area (Å²) < 4.78 is 0. The van der Waals surface area contributed by atoms with Crippen molar-refractivity contribution in [2.24, 2.45) is 5.10 Å². The molecule has 1 aliphatic heterocycles. The van der Waals surface area contributed by atoms with Crippen LogP contribution in [0.5, 0.6) is 0 Å². The van der Waals surface area contributed by atoms with Crippen LogP contribution in [-0.4, -0.2) is 11.6 Å². The SMILES string of the molecule is CCC1=NNC(=O)CC1. The van der Waals surface area contributed by atoms with E-state index in [1.807, 2.05) is 6.92 Å². The maximum absolute atomic E-state index is 10.5. The highest BCUT2D eigenvalue weighted by Gasteiger charge is 2.08. The van der Waals surface area contributed by atoms with Gasteiger partial charge in [-0.2, -0.15) is 5.10 Å². The lowest BCUT2D eigenvalue weighted by atomic mass is 10.1. The smallest absolute Gasteiger partial charge is 0.240 e. The Morgan fingerprint density at radius 1 is 1.67 bits per heavy atom. The summed E-state index contributed by atoms with van der Waals surface area (Å²) in [4.78, 5) is 10.5. The van der Waals surface area contributed by atoms with Crippen LogP contribution in [0, 0.1) is 0 Å². The predicted octanol–water partition coefficient (Wildman–Crippen LogP) is 0.662. The van der Waals surface area contributed by atoms with E-state index < -0.39 is 0 Å². The molecule has 0 radical (unpaired) electrons. The molecule has 0 unspecified atom stereocenters. The summed E-state index contributed by atoms with van der Waals surface area (Å²) >= 11 is 0. The maximum Gasteiger partial charge on any atom is 0.240 e. The Balaban J connectivity index is 2.50. The van der Waals surface area contributed by atoms with Gasteiger partial charge in [0.25, 0.3) is 0 Å². The molecule has 0 aromatic rings. The highest BCUT2D eigenvalue weighted by atomic mass is 16.2. The van der Waals surface area contributed by atoms with E-state index >= 15 is 0 Å². The second-order valence-electron chi connectivity index (χ2n) is 2.07. The summed E-state index contributed by atoms with van der Waals surface area (Å²) in [6.07, 6.45) is 2.38. The monoisotopic (exact) mass is 126 g/mol. The molecule has 0 bridgehead atoms. The van der Waals surface area contributed by atoms with Gasteiger partial charge in [-0.3, -0.25) is 4.79 Å². The van der Waals surface area contributed by atoms with Crippen LogP contribution in [0.3, 0.4) is 0 Å². The van der Waals surface area contributed by atoms with Crippen molar-refractivity contribution in [3.8, 4) is 0 Å². The summed E-state index contributed by atoms with van der Waals surface area (Å²) in [5.74, 6) is 0.0344. The van der Waals surface area contributed by atoms with Crippen molar-refractivity contribution < 1.29 is 4.79 Å². The lowest BCUT2D eigenvalue weighted by Crippen LogP contribution is -2.24. The van der Waals surface area contributed by atoms with E-state index in [0.717, 1.165) is 18.6 Å². The zero-order valence-electron chi connectivity index (χ0n) is 5.48. The minimum Gasteiger partial charge on any atom is -0.273 e. The number of hydrogen-bond acceptors (Lipinski definition) is 2. The lowest BCUT2D eigenvalue weighted by molar-refractivity contribution is -0.121. The predicted molar refractivity (Wildman–Crippen MR) is 35.1 cm³/mol. The van der Waals surface area contributed by atoms with Gasteiger partial charge < -0.3 is 0 Å². The van der Waals surface area contributed by atoms with Crippen molar-refractivity contribution in [2.75, 3.05) is 0 Å². The average molecular weight is 126 g/mol. The molecule has 1 N–H and O–H groups in total. The van der Waals surface area contributed by atoms with Crippen molar-refractivity contribution in [1.29, 1.82) is 0 Å². The van der Waals surface area contributed by atoms with Gasteiger partial charge in [0, 0.05) is 12.1 Å². The quantitative estimate of drug-likeness (QED) is 0.551. The maximum atomic E-state index is 10.5. The van der Waals surface area contributed by atoms with Gasteiger partial charge in [-0.05, 0) is 12.8 Å². The van der Waals surface area contributed by atoms with E-state index in [0.29, 0.717) is 6.42 Å². The third-order valence-electron chi connectivity index (χ3n) is 1.39. The Kier molecular flexibility index (Phi) is 1.82. The molecule has 50 valence electrons. The van der Waals surface area contributed by atoms with Crippen LogP contribution in [0.2, 0.25) is 0 Å². The van der Waals surface area contributed by atoms with E-state index in [9.17, 15) is 4.79 Å². The molecule has 1 heterocycles. The average Bonchev–Trinajstić information content (AvgIpc) is 1.90. The van der Waals surface area contributed by atoms with Crippen molar-refractivity contribution in [3.05, 3.63) is 0 Å². The molecule has 0 saturated heterocycles. The van der Waals surface area contributed by atoms with E-state index in [1.165, 1.54) is 0 Å². The number of nitrogens with zero attached hydrogens (tertiary/aromatic N) is 1. The normalized spacial score (nSPS) is 18.8. The highest BCUT2D eigenvalue weighted by Crippen LogP contribution is 2.01. The molecule has 3 heteroatoms. The van der Waals surface area contributed by atoms with Gasteiger partial charge in [-0.1, -0.05) is 6.92 Å². The fourth-order valence-corrected chi connectivity index (χ4v) is 0.767. The van der Waals surface area contributed by atoms with E-state index in [-0.39, 0.29) is 5.91 Å². The first kappa shape index (κ1) is 6.26. The van der Waals surface area contributed by atoms with Gasteiger partial charge in [0.15, 0.2) is 0 Å². The summed E-state index contributed by atoms with van der Waals surface area (Å²) in [7, 11) is 0. The number of amides is 1. The molecular weight excluding hydrogens is 116 g/mol. The van der Waals surface area contributed by atoms with Crippen molar-refractivity contribution in [3.63, 3.8) is 0 Å². The third-order valence-corrected chi connectivity index (χ3v) is 1.39. The molecule has 0 aromatic carbocycles. The molecular formula is C6H10N2O. The molecule has 0 aromatic heterocycles. The second-order valence-corrected chi connectivity index (χ2v) is 2.07. The Labute approximate surface area is 54.1 Å². The molecule has 9 heavy (non-hydrogen) atoms. The van der Waals surface area contributed by atoms with Gasteiger partial charge in [0.1, 0.15) is 0 Å². The van der Waals surface area contributed by atoms with Crippen molar-refractivity contribution >= 4 is 11.6 Å². The fourth-order valence-electron chi connectivity index (χ4n) is 0.767. The molecule has 1 amide bonds. The van der Waals surface area contributed by atoms with Crippen LogP contribution in [0.4, 0.5) is 0 Å². The molecule has 0 atom stereocenters. The number of carbonyl (C=O) groups excluding carboxylic acids is 1. The highest BCUT2D eigenvalue weighted by molar-refractivity contribution is 5.92. The van der Waals surface area contributed by atoms with Crippen molar-refractivity contribution in [2.45, 2.75) is 26.2 Å². The van der Waals surface area contributed by atoms with Crippen LogP contribution in [0.25, 0.3) is 0 Å². The van der Waals surface area contributed by atoms with Gasteiger partial charge in [-0.15, -0.1) is 0 Å². The lowest BCUT2D eigenvalue weighted by Gasteiger charge is -2.08. The standard InChI is InChI=1S/C6H10N2O/c1-2-5-3-4-6(9)8-7-5/h2-4H2,1H3,(H,8,9). The molecule has 0 fully saturated rings. The molecule has 1 rings (SSSR count). The van der Waals surface area contributed by atoms with Gasteiger partial charge in [0.2, 0.25) is 5.91 Å². The summed E-state index contributed by atoms with van der Waals surface area (Å²) in [5, 5.41) is 3.85. The van der Waals surface area contributed by atoms with Crippen LogP contribution < -0.4 is 5.43 Å². The molecule has 0 spiro atoms. The largest absolute Gasteiger partial charge is 0.273 e. The number of rotatable bonds is 1. The van der Waals surface area contributed by atoms with Crippen LogP contribution in [0.15, 0.2) is 5.10 Å². The minimum absolute atomic E-state index is 0.0344. The first-order valence-electron chi connectivity index (χ1n) is 3.17. The summed E-state index contributed by atoms with van der Waals surface area (Å²) in [6, 6.07) is 0. The Bertz CT molecular complexity index is 151. The van der Waals surface area contributed by atoms with Crippen LogP contribution in [-0.2, 0) is 4.79 Å². The Hall–Kier alpha value is -0.860. The van der Waals surface area contributed by atoms with Crippen LogP contribution in [0.1, 0.15) is 26.2 Å². The molecule has 0 aliphatic carbocycles. The summed E-state index contributed by atoms with van der Waals surface area (Å²) in [6.45, 7) is 2.04. The number of nitrogens with one attached hydrogen (secondary N) is 1. The zero-order valence-corrected chi connectivity index (χ0v) is 5.48. The van der Waals surface area contributed by atoms with E-state index in [4.69, 9.17) is 0 Å². The first-order chi connectivity index (χ1) is 4.33. The van der Waals surface area contributed by atoms with Gasteiger partial charge in [-0.25, -0.2) is 5.43 Å². The first-order valence-corrected chi connectivity index (χ1v) is 3.17. The topological polar surface area (TPSA) is 41.5 Å².